The second-order valence-corrected chi connectivity index (χ2v) is 31.2. The van der Waals surface area contributed by atoms with E-state index < -0.39 is 82.5 Å². The van der Waals surface area contributed by atoms with Crippen molar-refractivity contribution in [3.8, 4) is 0 Å². The van der Waals surface area contributed by atoms with E-state index in [0.29, 0.717) is 86.4 Å². The third kappa shape index (κ3) is 14.1. The molecule has 4 aliphatic carbocycles. The molecule has 0 spiro atoms. The summed E-state index contributed by atoms with van der Waals surface area (Å²) in [5, 5.41) is 11.4. The van der Waals surface area contributed by atoms with Crippen LogP contribution in [0.15, 0.2) is 117 Å². The molecule has 91 heavy (non-hydrogen) atoms. The number of piperazine rings is 1. The number of allylic oxidation sites excluding steroid dienone is 1. The zero-order valence-corrected chi connectivity index (χ0v) is 54.0. The molecule has 8 aliphatic rings. The Morgan fingerprint density at radius 3 is 2.19 bits per heavy atom. The summed E-state index contributed by atoms with van der Waals surface area (Å²) < 4.78 is 99.9. The number of thioether (sulfide) groups is 1. The lowest BCUT2D eigenvalue weighted by Gasteiger charge is -2.73. The lowest BCUT2D eigenvalue weighted by molar-refractivity contribution is -0.182. The first-order valence-corrected chi connectivity index (χ1v) is 35.6. The highest BCUT2D eigenvalue weighted by Crippen LogP contribution is 2.79. The molecule has 0 radical (unpaired) electrons. The molecule has 19 nitrogen and oxygen atoms in total. The van der Waals surface area contributed by atoms with Gasteiger partial charge in [0.1, 0.15) is 10.9 Å². The molecule has 6 amide bonds. The summed E-state index contributed by atoms with van der Waals surface area (Å²) >= 11 is 1.40. The Hall–Kier alpha value is -6.80. The van der Waals surface area contributed by atoms with E-state index in [0.717, 1.165) is 66.8 Å². The van der Waals surface area contributed by atoms with Crippen LogP contribution in [0.2, 0.25) is 0 Å². The van der Waals surface area contributed by atoms with E-state index in [4.69, 9.17) is 0 Å². The molecule has 0 aromatic heterocycles. The Morgan fingerprint density at radius 2 is 1.51 bits per heavy atom. The highest BCUT2D eigenvalue weighted by molar-refractivity contribution is 7.99. The van der Waals surface area contributed by atoms with Gasteiger partial charge in [-0.15, -0.1) is 11.8 Å². The first-order valence-electron chi connectivity index (χ1n) is 31.6. The highest BCUT2D eigenvalue weighted by Gasteiger charge is 2.68. The van der Waals surface area contributed by atoms with Crippen LogP contribution < -0.4 is 30.9 Å². The van der Waals surface area contributed by atoms with Crippen molar-refractivity contribution in [2.75, 3.05) is 86.7 Å². The van der Waals surface area contributed by atoms with Crippen molar-refractivity contribution < 1.29 is 58.8 Å². The average Bonchev–Trinajstić information content (AvgIpc) is 0.854. The summed E-state index contributed by atoms with van der Waals surface area (Å²) in [6.45, 7) is 13.5. The Labute approximate surface area is 534 Å². The minimum absolute atomic E-state index is 0.00121. The smallest absolute Gasteiger partial charge is 0.384 e. The molecule has 3 saturated carbocycles. The van der Waals surface area contributed by atoms with Crippen LogP contribution in [0.5, 0.6) is 0 Å². The molecule has 2 atom stereocenters. The summed E-state index contributed by atoms with van der Waals surface area (Å²) in [5.74, 6) is -3.63. The van der Waals surface area contributed by atoms with E-state index in [1.807, 2.05) is 35.1 Å². The number of piperidine rings is 2. The van der Waals surface area contributed by atoms with Gasteiger partial charge < -0.3 is 25.8 Å². The van der Waals surface area contributed by atoms with Gasteiger partial charge in [-0.25, -0.2) is 21.6 Å². The number of carbonyl (C=O) groups excluding carboxylic acids is 6. The zero-order chi connectivity index (χ0) is 64.7. The number of carbonyl (C=O) groups is 6. The van der Waals surface area contributed by atoms with Crippen LogP contribution in [0.25, 0.3) is 0 Å². The zero-order valence-electron chi connectivity index (χ0n) is 51.6. The van der Waals surface area contributed by atoms with Gasteiger partial charge in [0.25, 0.3) is 37.6 Å². The first-order chi connectivity index (χ1) is 43.3. The Kier molecular flexibility index (Phi) is 19.0. The number of alkyl halides is 3. The van der Waals surface area contributed by atoms with Gasteiger partial charge in [0, 0.05) is 98.3 Å². The number of sulfonamides is 1. The number of anilines is 3. The van der Waals surface area contributed by atoms with Gasteiger partial charge in [0.15, 0.2) is 0 Å². The maximum absolute atomic E-state index is 14.5. The minimum atomic E-state index is -6.16. The van der Waals surface area contributed by atoms with Crippen molar-refractivity contribution in [2.45, 2.75) is 137 Å². The number of halogens is 3. The van der Waals surface area contributed by atoms with Crippen molar-refractivity contribution >= 4 is 84.1 Å². The minimum Gasteiger partial charge on any atom is -0.384 e. The number of nitrogens with zero attached hydrogens (tertiary/aromatic N) is 4. The van der Waals surface area contributed by atoms with Crippen LogP contribution in [0, 0.1) is 22.2 Å². The number of benzene rings is 4. The molecule has 25 heteroatoms. The molecular weight excluding hydrogens is 1230 g/mol. The van der Waals surface area contributed by atoms with Crippen molar-refractivity contribution in [1.82, 2.24) is 30.1 Å². The van der Waals surface area contributed by atoms with Crippen LogP contribution in [-0.4, -0.2) is 156 Å². The van der Waals surface area contributed by atoms with Crippen LogP contribution in [-0.2, 0) is 34.2 Å². The van der Waals surface area contributed by atoms with E-state index in [-0.39, 0.29) is 47.1 Å². The summed E-state index contributed by atoms with van der Waals surface area (Å²) in [6, 6.07) is 21.1. The average molecular weight is 1310 g/mol. The summed E-state index contributed by atoms with van der Waals surface area (Å²) in [7, 11) is -11.1. The SMILES string of the molecule is CCC12CC(C3=C(CN4CCN(c5ccc(C(=O)NS(=O)(=O)c6ccc(N[C@H](CCN7CCC(C(=O)NCCCNc8cccc9c8C(=O)N(C8CCC(=O)NC8=O)C9=O)CC7)CSc7ccccc7)c(S(=O)(=O)C(F)(F)F)c6)cc5)CC4)CCC(C)(C)C3)(C1)C2. The number of sulfone groups is 1. The second-order valence-electron chi connectivity index (χ2n) is 26.6. The molecule has 4 heterocycles. The molecule has 4 aliphatic heterocycles. The molecule has 2 bridgehead atoms. The standard InChI is InChI=1S/C66H80F3N9O10S3/c1-4-64-40-65(41-64,42-64)51-37-63(2,3)26-22-45(51)38-76-32-34-77(35-33-76)47-16-14-43(15-17-47)59(81)74-91(87,88)49-18-19-52(55(36-49)90(85,86)66(67,68)69)72-46(39-89-48-10-6-5-7-11-48)25-31-75-29-23-44(24-30-75)58(80)71-28-9-27-70-53-13-8-12-50-57(53)62(84)78(61(50)83)54-20-21-56(79)73-60(54)82/h5-8,10-19,36,44,46,54,70,72H,4,9,20-35,37-42H2,1-3H3,(H,71,80)(H,74,81)(H,73,79,82)/t46-,54?,64?,65?/m1/s1. The summed E-state index contributed by atoms with van der Waals surface area (Å²) in [6.07, 6.45) is 10.7. The number of likely N-dealkylation sites (tertiary alicyclic amines) is 1. The van der Waals surface area contributed by atoms with Crippen LogP contribution in [0.4, 0.5) is 30.2 Å². The maximum atomic E-state index is 14.5. The maximum Gasteiger partial charge on any atom is 0.501 e. The number of nitrogens with one attached hydrogen (secondary N) is 5. The molecule has 6 fully saturated rings. The monoisotopic (exact) mass is 1310 g/mol. The second kappa shape index (κ2) is 26.3. The lowest BCUT2D eigenvalue weighted by Crippen LogP contribution is -2.63. The van der Waals surface area contributed by atoms with E-state index >= 15 is 0 Å². The fourth-order valence-corrected chi connectivity index (χ4v) is 17.6. The largest absolute Gasteiger partial charge is 0.501 e. The van der Waals surface area contributed by atoms with Gasteiger partial charge in [-0.1, -0.05) is 62.6 Å². The fourth-order valence-electron chi connectivity index (χ4n) is 14.6. The van der Waals surface area contributed by atoms with E-state index in [9.17, 15) is 58.8 Å². The fraction of sp³-hybridized carbons (Fsp3) is 0.515. The van der Waals surface area contributed by atoms with Gasteiger partial charge in [-0.05, 0) is 167 Å². The van der Waals surface area contributed by atoms with E-state index in [1.165, 1.54) is 68.5 Å². The van der Waals surface area contributed by atoms with E-state index in [1.54, 1.807) is 35.4 Å². The molecule has 488 valence electrons. The van der Waals surface area contributed by atoms with Gasteiger partial charge in [0.2, 0.25) is 17.7 Å². The van der Waals surface area contributed by atoms with Crippen molar-refractivity contribution in [3.05, 3.63) is 119 Å². The highest BCUT2D eigenvalue weighted by atomic mass is 32.2. The molecule has 5 N–H and O–H groups in total. The lowest BCUT2D eigenvalue weighted by atomic mass is 9.31. The number of hydrogen-bond acceptors (Lipinski definition) is 16. The quantitative estimate of drug-likeness (QED) is 0.0190. The van der Waals surface area contributed by atoms with Crippen LogP contribution in [0.1, 0.15) is 135 Å². The molecule has 3 saturated heterocycles. The number of imide groups is 2. The number of rotatable bonds is 24. The number of fused-ring (bicyclic) bond motifs is 1. The van der Waals surface area contributed by atoms with Gasteiger partial charge in [-0.3, -0.25) is 43.9 Å². The van der Waals surface area contributed by atoms with Crippen molar-refractivity contribution in [1.29, 1.82) is 0 Å². The molecule has 1 unspecified atom stereocenters. The normalized spacial score (nSPS) is 23.4. The summed E-state index contributed by atoms with van der Waals surface area (Å²) in [4.78, 5) is 84.3. The topological polar surface area (TPSA) is 244 Å². The van der Waals surface area contributed by atoms with E-state index in [2.05, 4.69) is 56.7 Å². The van der Waals surface area contributed by atoms with Gasteiger partial charge in [-0.2, -0.15) is 13.2 Å². The number of amides is 6. The van der Waals surface area contributed by atoms with Gasteiger partial charge >= 0.3 is 5.51 Å². The third-order valence-corrected chi connectivity index (χ3v) is 23.9. The van der Waals surface area contributed by atoms with Crippen LogP contribution >= 0.6 is 11.8 Å². The summed E-state index contributed by atoms with van der Waals surface area (Å²) in [5.41, 5.74) is -0.0586. The predicted molar refractivity (Wildman–Crippen MR) is 341 cm³/mol. The molecule has 4 aromatic rings. The molecular formula is C66H80F3N9O10S3. The van der Waals surface area contributed by atoms with Crippen LogP contribution in [0.3, 0.4) is 0 Å². The number of hydrogen-bond donors (Lipinski definition) is 5. The molecule has 12 rings (SSSR count). The first kappa shape index (κ1) is 65.7. The Morgan fingerprint density at radius 1 is 0.791 bits per heavy atom. The van der Waals surface area contributed by atoms with Gasteiger partial charge in [0.05, 0.1) is 21.7 Å². The molecule has 4 aromatic carbocycles. The predicted octanol–water partition coefficient (Wildman–Crippen LogP) is 9.00. The Balaban J connectivity index is 0.674. The Bertz CT molecular complexity index is 3720. The third-order valence-electron chi connectivity index (χ3n) is 19.8. The van der Waals surface area contributed by atoms with Crippen molar-refractivity contribution in [2.24, 2.45) is 22.2 Å². The van der Waals surface area contributed by atoms with Crippen molar-refractivity contribution in [3.63, 3.8) is 0 Å².